The van der Waals surface area contributed by atoms with E-state index >= 15 is 0 Å². The summed E-state index contributed by atoms with van der Waals surface area (Å²) in [5.74, 6) is 2.28. The van der Waals surface area contributed by atoms with E-state index in [1.54, 1.807) is 0 Å². The van der Waals surface area contributed by atoms with E-state index in [0.29, 0.717) is 0 Å². The van der Waals surface area contributed by atoms with Gasteiger partial charge in [0.05, 0.1) is 6.54 Å². The normalized spacial score (nSPS) is 15.5. The van der Waals surface area contributed by atoms with E-state index in [-0.39, 0.29) is 0 Å². The van der Waals surface area contributed by atoms with E-state index in [9.17, 15) is 0 Å². The first-order valence-corrected chi connectivity index (χ1v) is 5.53. The lowest BCUT2D eigenvalue weighted by molar-refractivity contribution is 0.490. The molecule has 0 atom stereocenters. The molecule has 1 aliphatic rings. The highest BCUT2D eigenvalue weighted by molar-refractivity contribution is 4.98. The van der Waals surface area contributed by atoms with Crippen LogP contribution in [-0.2, 0) is 19.5 Å². The lowest BCUT2D eigenvalue weighted by atomic mass is 10.2. The van der Waals surface area contributed by atoms with Crippen molar-refractivity contribution in [2.45, 2.75) is 45.7 Å². The van der Waals surface area contributed by atoms with Crippen LogP contribution in [0.5, 0.6) is 0 Å². The summed E-state index contributed by atoms with van der Waals surface area (Å²) in [5.41, 5.74) is 0. The Labute approximate surface area is 84.7 Å². The molecule has 2 rings (SSSR count). The van der Waals surface area contributed by atoms with Gasteiger partial charge in [-0.05, 0) is 6.42 Å². The molecule has 0 fully saturated rings. The predicted molar refractivity (Wildman–Crippen MR) is 55.0 cm³/mol. The molecule has 1 aromatic heterocycles. The molecule has 0 aliphatic carbocycles. The van der Waals surface area contributed by atoms with E-state index in [4.69, 9.17) is 0 Å². The van der Waals surface area contributed by atoms with Crippen LogP contribution in [0.3, 0.4) is 0 Å². The molecule has 1 N–H and O–H groups in total. The minimum absolute atomic E-state index is 0.876. The summed E-state index contributed by atoms with van der Waals surface area (Å²) >= 11 is 0. The second-order valence-corrected chi connectivity index (χ2v) is 3.82. The van der Waals surface area contributed by atoms with Gasteiger partial charge in [0.1, 0.15) is 11.6 Å². The van der Waals surface area contributed by atoms with Crippen molar-refractivity contribution in [3.63, 3.8) is 0 Å². The Bertz CT molecular complexity index is 292. The minimum atomic E-state index is 0.876. The third kappa shape index (κ3) is 1.95. The third-order valence-electron chi connectivity index (χ3n) is 2.70. The molecule has 0 radical (unpaired) electrons. The highest BCUT2D eigenvalue weighted by Crippen LogP contribution is 2.09. The van der Waals surface area contributed by atoms with Crippen molar-refractivity contribution in [2.24, 2.45) is 0 Å². The lowest BCUT2D eigenvalue weighted by Crippen LogP contribution is -2.29. The SMILES string of the molecule is CCCCCc1nnc2n1CCNC2. The van der Waals surface area contributed by atoms with Crippen molar-refractivity contribution in [2.75, 3.05) is 6.54 Å². The highest BCUT2D eigenvalue weighted by atomic mass is 15.3. The molecule has 0 amide bonds. The fourth-order valence-electron chi connectivity index (χ4n) is 1.87. The van der Waals surface area contributed by atoms with Crippen molar-refractivity contribution in [1.82, 2.24) is 20.1 Å². The number of nitrogens with one attached hydrogen (secondary N) is 1. The molecule has 0 unspecified atom stereocenters. The number of fused-ring (bicyclic) bond motifs is 1. The Hall–Kier alpha value is -0.900. The second kappa shape index (κ2) is 4.55. The molecule has 4 heteroatoms. The van der Waals surface area contributed by atoms with Crippen LogP contribution in [0.2, 0.25) is 0 Å². The van der Waals surface area contributed by atoms with E-state index in [1.807, 2.05) is 0 Å². The van der Waals surface area contributed by atoms with E-state index < -0.39 is 0 Å². The van der Waals surface area contributed by atoms with Gasteiger partial charge in [-0.3, -0.25) is 0 Å². The van der Waals surface area contributed by atoms with Crippen molar-refractivity contribution < 1.29 is 0 Å². The van der Waals surface area contributed by atoms with Gasteiger partial charge in [-0.15, -0.1) is 10.2 Å². The zero-order chi connectivity index (χ0) is 9.80. The monoisotopic (exact) mass is 194 g/mol. The van der Waals surface area contributed by atoms with Gasteiger partial charge in [0, 0.05) is 19.5 Å². The standard InChI is InChI=1S/C10H18N4/c1-2-3-4-5-9-12-13-10-8-11-6-7-14(9)10/h11H,2-8H2,1H3. The smallest absolute Gasteiger partial charge is 0.147 e. The van der Waals surface area contributed by atoms with Gasteiger partial charge in [0.25, 0.3) is 0 Å². The first kappa shape index (κ1) is 9.65. The molecule has 0 saturated heterocycles. The molecule has 0 aromatic carbocycles. The van der Waals surface area contributed by atoms with Crippen LogP contribution in [0.4, 0.5) is 0 Å². The summed E-state index contributed by atoms with van der Waals surface area (Å²) in [6, 6.07) is 0. The molecule has 0 bridgehead atoms. The molecule has 2 heterocycles. The van der Waals surface area contributed by atoms with Crippen molar-refractivity contribution >= 4 is 0 Å². The van der Waals surface area contributed by atoms with E-state index in [1.165, 1.54) is 25.1 Å². The fraction of sp³-hybridized carbons (Fsp3) is 0.800. The van der Waals surface area contributed by atoms with Crippen LogP contribution in [-0.4, -0.2) is 21.3 Å². The summed E-state index contributed by atoms with van der Waals surface area (Å²) < 4.78 is 2.27. The average Bonchev–Trinajstić information content (AvgIpc) is 2.63. The predicted octanol–water partition coefficient (Wildman–Crippen LogP) is 1.11. The Kier molecular flexibility index (Phi) is 3.14. The summed E-state index contributed by atoms with van der Waals surface area (Å²) in [4.78, 5) is 0. The number of nitrogens with zero attached hydrogens (tertiary/aromatic N) is 3. The van der Waals surface area contributed by atoms with Crippen LogP contribution in [0.15, 0.2) is 0 Å². The number of hydrogen-bond donors (Lipinski definition) is 1. The largest absolute Gasteiger partial charge is 0.313 e. The Morgan fingerprint density at radius 2 is 2.29 bits per heavy atom. The van der Waals surface area contributed by atoms with Crippen LogP contribution < -0.4 is 5.32 Å². The number of aromatic nitrogens is 3. The van der Waals surface area contributed by atoms with Crippen LogP contribution in [0.25, 0.3) is 0 Å². The molecule has 1 aliphatic heterocycles. The first-order valence-electron chi connectivity index (χ1n) is 5.53. The summed E-state index contributed by atoms with van der Waals surface area (Å²) in [5, 5.41) is 11.7. The van der Waals surface area contributed by atoms with Crippen molar-refractivity contribution in [3.05, 3.63) is 11.6 Å². The summed E-state index contributed by atoms with van der Waals surface area (Å²) in [7, 11) is 0. The van der Waals surface area contributed by atoms with Gasteiger partial charge in [-0.25, -0.2) is 0 Å². The second-order valence-electron chi connectivity index (χ2n) is 3.82. The third-order valence-corrected chi connectivity index (χ3v) is 2.70. The van der Waals surface area contributed by atoms with Crippen molar-refractivity contribution in [3.8, 4) is 0 Å². The maximum Gasteiger partial charge on any atom is 0.147 e. The lowest BCUT2D eigenvalue weighted by Gasteiger charge is -2.15. The molecule has 1 aromatic rings. The number of hydrogen-bond acceptors (Lipinski definition) is 3. The Morgan fingerprint density at radius 3 is 3.14 bits per heavy atom. The zero-order valence-electron chi connectivity index (χ0n) is 8.79. The Morgan fingerprint density at radius 1 is 1.36 bits per heavy atom. The number of rotatable bonds is 4. The van der Waals surface area contributed by atoms with Gasteiger partial charge in [0.2, 0.25) is 0 Å². The molecule has 14 heavy (non-hydrogen) atoms. The Balaban J connectivity index is 1.99. The fourth-order valence-corrected chi connectivity index (χ4v) is 1.87. The van der Waals surface area contributed by atoms with E-state index in [0.717, 1.165) is 31.9 Å². The van der Waals surface area contributed by atoms with Crippen molar-refractivity contribution in [1.29, 1.82) is 0 Å². The molecule has 0 saturated carbocycles. The summed E-state index contributed by atoms with van der Waals surface area (Å²) in [6.07, 6.45) is 4.88. The molecule has 78 valence electrons. The minimum Gasteiger partial charge on any atom is -0.313 e. The quantitative estimate of drug-likeness (QED) is 0.730. The zero-order valence-corrected chi connectivity index (χ0v) is 8.79. The van der Waals surface area contributed by atoms with Gasteiger partial charge in [-0.1, -0.05) is 19.8 Å². The highest BCUT2D eigenvalue weighted by Gasteiger charge is 2.14. The molecule has 0 spiro atoms. The van der Waals surface area contributed by atoms with Gasteiger partial charge in [-0.2, -0.15) is 0 Å². The van der Waals surface area contributed by atoms with Gasteiger partial charge < -0.3 is 9.88 Å². The average molecular weight is 194 g/mol. The van der Waals surface area contributed by atoms with Crippen LogP contribution in [0, 0.1) is 0 Å². The van der Waals surface area contributed by atoms with Gasteiger partial charge >= 0.3 is 0 Å². The van der Waals surface area contributed by atoms with Crippen LogP contribution >= 0.6 is 0 Å². The molecule has 4 nitrogen and oxygen atoms in total. The number of unbranched alkanes of at least 4 members (excludes halogenated alkanes) is 2. The van der Waals surface area contributed by atoms with Gasteiger partial charge in [0.15, 0.2) is 0 Å². The maximum absolute atomic E-state index is 4.24. The van der Waals surface area contributed by atoms with E-state index in [2.05, 4.69) is 27.0 Å². The first-order chi connectivity index (χ1) is 6.92. The topological polar surface area (TPSA) is 42.7 Å². The maximum atomic E-state index is 4.24. The number of aryl methyl sites for hydroxylation is 1. The van der Waals surface area contributed by atoms with Crippen LogP contribution in [0.1, 0.15) is 37.8 Å². The molecular formula is C10H18N4. The molecular weight excluding hydrogens is 176 g/mol. The summed E-state index contributed by atoms with van der Waals surface area (Å²) in [6.45, 7) is 5.18.